The van der Waals surface area contributed by atoms with Crippen LogP contribution in [0, 0.1) is 0 Å². The second-order valence-electron chi connectivity index (χ2n) is 10.7. The molecule has 1 aliphatic heterocycles. The van der Waals surface area contributed by atoms with Crippen LogP contribution in [0.4, 0.5) is 13.2 Å². The van der Waals surface area contributed by atoms with Gasteiger partial charge in [-0.15, -0.1) is 23.4 Å². The van der Waals surface area contributed by atoms with Crippen molar-refractivity contribution in [2.45, 2.75) is 93.2 Å². The second-order valence-corrected chi connectivity index (χ2v) is 11.2. The highest BCUT2D eigenvalue weighted by molar-refractivity contribution is 6.31. The molecule has 8 nitrogen and oxygen atoms in total. The molecule has 198 valence electrons. The van der Waals surface area contributed by atoms with E-state index < -0.39 is 18.6 Å². The van der Waals surface area contributed by atoms with Crippen molar-refractivity contribution in [2.75, 3.05) is 0 Å². The van der Waals surface area contributed by atoms with E-state index in [-0.39, 0.29) is 47.8 Å². The summed E-state index contributed by atoms with van der Waals surface area (Å²) in [6.07, 6.45) is -1.67. The van der Waals surface area contributed by atoms with E-state index >= 15 is 0 Å². The smallest absolute Gasteiger partial charge is 0.479 e. The fraction of sp³-hybridized carbons (Fsp3) is 0.600. The number of hydrogen-bond donors (Lipinski definition) is 1. The summed E-state index contributed by atoms with van der Waals surface area (Å²) in [6, 6.07) is 4.78. The topological polar surface area (TPSA) is 104 Å². The predicted octanol–water partition coefficient (Wildman–Crippen LogP) is 5.00. The van der Waals surface area contributed by atoms with Crippen molar-refractivity contribution in [3.05, 3.63) is 40.6 Å². The lowest BCUT2D eigenvalue weighted by atomic mass is 9.57. The number of carbonyl (C=O) groups is 2. The van der Waals surface area contributed by atoms with Gasteiger partial charge >= 0.3 is 6.36 Å². The van der Waals surface area contributed by atoms with Gasteiger partial charge in [0.15, 0.2) is 11.9 Å². The van der Waals surface area contributed by atoms with E-state index in [0.717, 1.165) is 19.3 Å². The highest BCUT2D eigenvalue weighted by Crippen LogP contribution is 2.54. The number of amides is 1. The first kappa shape index (κ1) is 24.7. The van der Waals surface area contributed by atoms with Crippen LogP contribution in [0.2, 0.25) is 5.02 Å². The molecule has 1 atom stereocenters. The molecule has 0 spiro atoms. The lowest BCUT2D eigenvalue weighted by Crippen LogP contribution is -2.60. The van der Waals surface area contributed by atoms with E-state index in [1.165, 1.54) is 0 Å². The minimum atomic E-state index is -4.64. The Balaban J connectivity index is 1.06. The van der Waals surface area contributed by atoms with Crippen molar-refractivity contribution in [2.24, 2.45) is 0 Å². The molecule has 37 heavy (non-hydrogen) atoms. The Labute approximate surface area is 215 Å². The third-order valence-electron chi connectivity index (χ3n) is 8.45. The highest BCUT2D eigenvalue weighted by atomic mass is 35.5. The number of benzene rings is 1. The van der Waals surface area contributed by atoms with Gasteiger partial charge in [-0.2, -0.15) is 0 Å². The standard InChI is InChI=1S/C25H25ClF3N3O5/c26-14-1-2-18-16(11-14)17(33)12-19(35-18)20(34)30-24-6-3-23(4-7-24,5-8-24)22-32-31-21(36-22)13-9-15(10-13)37-25(27,28)29/h1-2,11,13,15,19H,3-10,12H2,(H,30,34)/t13?,15?,19-,23?,24?/m1/s1. The van der Waals surface area contributed by atoms with Crippen LogP contribution in [0.1, 0.15) is 85.8 Å². The van der Waals surface area contributed by atoms with Crippen LogP contribution in [0.25, 0.3) is 0 Å². The van der Waals surface area contributed by atoms with Gasteiger partial charge in [-0.25, -0.2) is 0 Å². The van der Waals surface area contributed by atoms with Crippen LogP contribution in [0.5, 0.6) is 5.75 Å². The summed E-state index contributed by atoms with van der Waals surface area (Å²) < 4.78 is 53.0. The molecule has 4 fully saturated rings. The third-order valence-corrected chi connectivity index (χ3v) is 8.68. The zero-order valence-electron chi connectivity index (χ0n) is 19.8. The van der Waals surface area contributed by atoms with E-state index in [2.05, 4.69) is 20.3 Å². The van der Waals surface area contributed by atoms with E-state index in [0.29, 0.717) is 47.4 Å². The van der Waals surface area contributed by atoms with Crippen LogP contribution in [0.3, 0.4) is 0 Å². The molecule has 1 aromatic heterocycles. The Hall–Kier alpha value is -2.66. The van der Waals surface area contributed by atoms with Gasteiger partial charge in [-0.3, -0.25) is 14.3 Å². The van der Waals surface area contributed by atoms with Crippen molar-refractivity contribution in [3.8, 4) is 5.75 Å². The summed E-state index contributed by atoms with van der Waals surface area (Å²) in [5.41, 5.74) is -0.289. The number of ether oxygens (including phenoxy) is 2. The average molecular weight is 540 g/mol. The summed E-state index contributed by atoms with van der Waals surface area (Å²) in [6.45, 7) is 0. The number of ketones is 1. The van der Waals surface area contributed by atoms with E-state index in [1.54, 1.807) is 18.2 Å². The monoisotopic (exact) mass is 539 g/mol. The number of Topliss-reactive ketones (excluding diaryl/α,β-unsaturated/α-hetero) is 1. The largest absolute Gasteiger partial charge is 0.522 e. The van der Waals surface area contributed by atoms with E-state index in [1.807, 2.05) is 0 Å². The molecule has 4 saturated carbocycles. The van der Waals surface area contributed by atoms with Gasteiger partial charge in [-0.05, 0) is 69.6 Å². The van der Waals surface area contributed by atoms with E-state index in [9.17, 15) is 22.8 Å². The van der Waals surface area contributed by atoms with E-state index in [4.69, 9.17) is 20.8 Å². The molecule has 1 N–H and O–H groups in total. The molecule has 2 bridgehead atoms. The molecule has 1 amide bonds. The maximum absolute atomic E-state index is 13.1. The van der Waals surface area contributed by atoms with Gasteiger partial charge in [0, 0.05) is 21.9 Å². The molecular weight excluding hydrogens is 515 g/mol. The fourth-order valence-corrected chi connectivity index (χ4v) is 6.32. The molecule has 5 aliphatic rings. The number of nitrogens with zero attached hydrogens (tertiary/aromatic N) is 2. The van der Waals surface area contributed by atoms with Gasteiger partial charge in [-0.1, -0.05) is 11.6 Å². The zero-order valence-corrected chi connectivity index (χ0v) is 20.5. The lowest BCUT2D eigenvalue weighted by molar-refractivity contribution is -0.352. The van der Waals surface area contributed by atoms with Gasteiger partial charge in [0.2, 0.25) is 11.8 Å². The maximum atomic E-state index is 13.1. The zero-order chi connectivity index (χ0) is 26.0. The van der Waals surface area contributed by atoms with Crippen molar-refractivity contribution in [1.82, 2.24) is 15.5 Å². The molecular formula is C25H25ClF3N3O5. The molecule has 7 rings (SSSR count). The summed E-state index contributed by atoms with van der Waals surface area (Å²) in [4.78, 5) is 25.7. The van der Waals surface area contributed by atoms with Crippen LogP contribution in [-0.4, -0.2) is 46.0 Å². The first-order valence-corrected chi connectivity index (χ1v) is 12.8. The average Bonchev–Trinajstić information content (AvgIpc) is 3.32. The number of carbonyl (C=O) groups excluding carboxylic acids is 2. The van der Waals surface area contributed by atoms with Crippen molar-refractivity contribution >= 4 is 23.3 Å². The molecule has 12 heteroatoms. The number of nitrogens with one attached hydrogen (secondary N) is 1. The molecule has 4 aliphatic carbocycles. The SMILES string of the molecule is O=C1C[C@H](C(=O)NC23CCC(c4nnc(C5CC(OC(F)(F)F)C5)o4)(CC2)CC3)Oc2ccc(Cl)cc21. The summed E-state index contributed by atoms with van der Waals surface area (Å²) >= 11 is 5.98. The highest BCUT2D eigenvalue weighted by Gasteiger charge is 2.53. The molecule has 0 unspecified atom stereocenters. The minimum Gasteiger partial charge on any atom is -0.479 e. The van der Waals surface area contributed by atoms with Crippen molar-refractivity contribution < 1.29 is 36.7 Å². The summed E-state index contributed by atoms with van der Waals surface area (Å²) in [5.74, 6) is 0.544. The van der Waals surface area contributed by atoms with Crippen LogP contribution < -0.4 is 10.1 Å². The molecule has 0 radical (unpaired) electrons. The lowest BCUT2D eigenvalue weighted by Gasteiger charge is -2.52. The van der Waals surface area contributed by atoms with Crippen molar-refractivity contribution in [3.63, 3.8) is 0 Å². The Morgan fingerprint density at radius 2 is 1.81 bits per heavy atom. The van der Waals surface area contributed by atoms with Crippen LogP contribution >= 0.6 is 11.6 Å². The third kappa shape index (κ3) is 4.60. The number of fused-ring (bicyclic) bond motifs is 4. The molecule has 0 saturated heterocycles. The fourth-order valence-electron chi connectivity index (χ4n) is 6.14. The van der Waals surface area contributed by atoms with Gasteiger partial charge in [0.1, 0.15) is 5.75 Å². The Kier molecular flexibility index (Phi) is 5.79. The summed E-state index contributed by atoms with van der Waals surface area (Å²) in [7, 11) is 0. The second kappa shape index (κ2) is 8.69. The number of hydrogen-bond acceptors (Lipinski definition) is 7. The van der Waals surface area contributed by atoms with Crippen LogP contribution in [-0.2, 0) is 14.9 Å². The predicted molar refractivity (Wildman–Crippen MR) is 122 cm³/mol. The summed E-state index contributed by atoms with van der Waals surface area (Å²) in [5, 5.41) is 12.0. The quantitative estimate of drug-likeness (QED) is 0.570. The first-order valence-electron chi connectivity index (χ1n) is 12.4. The maximum Gasteiger partial charge on any atom is 0.522 e. The number of rotatable bonds is 5. The van der Waals surface area contributed by atoms with Gasteiger partial charge in [0.25, 0.3) is 5.91 Å². The van der Waals surface area contributed by atoms with Gasteiger partial charge in [0.05, 0.1) is 18.1 Å². The van der Waals surface area contributed by atoms with Gasteiger partial charge < -0.3 is 14.5 Å². The van der Waals surface area contributed by atoms with Crippen LogP contribution in [0.15, 0.2) is 22.6 Å². The Morgan fingerprint density at radius 1 is 1.11 bits per heavy atom. The molecule has 1 aromatic carbocycles. The Bertz CT molecular complexity index is 1220. The first-order chi connectivity index (χ1) is 17.5. The molecule has 2 aromatic rings. The number of aromatic nitrogens is 2. The number of halogens is 4. The normalized spacial score (nSPS) is 32.9. The number of alkyl halides is 3. The molecule has 2 heterocycles. The minimum absolute atomic E-state index is 0.0417. The van der Waals surface area contributed by atoms with Crippen molar-refractivity contribution in [1.29, 1.82) is 0 Å². The Morgan fingerprint density at radius 3 is 2.49 bits per heavy atom.